The highest BCUT2D eigenvalue weighted by Gasteiger charge is 2.52. The molecule has 2 aliphatic heterocycles. The van der Waals surface area contributed by atoms with Crippen LogP contribution in [0, 0.1) is 0 Å². The number of esters is 1. The third kappa shape index (κ3) is 1.71. The number of ether oxygens (including phenoxy) is 2. The van der Waals surface area contributed by atoms with Crippen LogP contribution < -0.4 is 5.32 Å². The van der Waals surface area contributed by atoms with Crippen LogP contribution >= 0.6 is 0 Å². The lowest BCUT2D eigenvalue weighted by atomic mass is 9.96. The Bertz CT molecular complexity index is 560. The first-order chi connectivity index (χ1) is 9.67. The summed E-state index contributed by atoms with van der Waals surface area (Å²) in [4.78, 5) is 25.3. The standard InChI is InChI=1S/C14H16N2O4/c1-19-13(17)11-7-9-8-5-3-4-6-10(8)15-12(9)16(11)14(18)20-2/h3-6,9,11-12,15H,7H2,1-2H3/t9-,11+,12+/m1/s1. The van der Waals surface area contributed by atoms with E-state index in [1.54, 1.807) is 0 Å². The number of methoxy groups -OCH3 is 2. The number of likely N-dealkylation sites (tertiary alicyclic amines) is 1. The fourth-order valence-electron chi connectivity index (χ4n) is 3.14. The van der Waals surface area contributed by atoms with E-state index in [9.17, 15) is 9.59 Å². The quantitative estimate of drug-likeness (QED) is 0.788. The summed E-state index contributed by atoms with van der Waals surface area (Å²) >= 11 is 0. The van der Waals surface area contributed by atoms with Gasteiger partial charge >= 0.3 is 12.1 Å². The zero-order valence-electron chi connectivity index (χ0n) is 11.3. The molecule has 1 N–H and O–H groups in total. The first-order valence-corrected chi connectivity index (χ1v) is 6.47. The highest BCUT2D eigenvalue weighted by atomic mass is 16.5. The van der Waals surface area contributed by atoms with Gasteiger partial charge in [-0.05, 0) is 18.1 Å². The van der Waals surface area contributed by atoms with Crippen LogP contribution in [0.4, 0.5) is 10.5 Å². The Kier molecular flexibility index (Phi) is 3.00. The van der Waals surface area contributed by atoms with Gasteiger partial charge in [0.1, 0.15) is 12.2 Å². The van der Waals surface area contributed by atoms with Gasteiger partial charge in [0.05, 0.1) is 14.2 Å². The molecule has 3 atom stereocenters. The van der Waals surface area contributed by atoms with Crippen molar-refractivity contribution in [3.63, 3.8) is 0 Å². The molecular formula is C14H16N2O4. The lowest BCUT2D eigenvalue weighted by molar-refractivity contribution is -0.145. The van der Waals surface area contributed by atoms with Crippen molar-refractivity contribution in [3.05, 3.63) is 29.8 Å². The maximum absolute atomic E-state index is 12.0. The van der Waals surface area contributed by atoms with Gasteiger partial charge in [-0.2, -0.15) is 0 Å². The number of hydrogen-bond acceptors (Lipinski definition) is 5. The van der Waals surface area contributed by atoms with Crippen molar-refractivity contribution in [1.29, 1.82) is 0 Å². The van der Waals surface area contributed by atoms with E-state index in [1.807, 2.05) is 24.3 Å². The Morgan fingerprint density at radius 1 is 1.25 bits per heavy atom. The summed E-state index contributed by atoms with van der Waals surface area (Å²) in [5.41, 5.74) is 2.12. The molecule has 0 spiro atoms. The van der Waals surface area contributed by atoms with Gasteiger partial charge in [-0.25, -0.2) is 9.59 Å². The minimum atomic E-state index is -0.608. The second-order valence-corrected chi connectivity index (χ2v) is 4.93. The predicted octanol–water partition coefficient (Wildman–Crippen LogP) is 1.54. The van der Waals surface area contributed by atoms with Crippen molar-refractivity contribution in [2.24, 2.45) is 0 Å². The monoisotopic (exact) mass is 276 g/mol. The highest BCUT2D eigenvalue weighted by Crippen LogP contribution is 2.46. The van der Waals surface area contributed by atoms with Crippen LogP contribution in [0.5, 0.6) is 0 Å². The normalized spacial score (nSPS) is 26.5. The Morgan fingerprint density at radius 3 is 2.70 bits per heavy atom. The molecule has 3 rings (SSSR count). The second-order valence-electron chi connectivity index (χ2n) is 4.93. The molecule has 2 aliphatic rings. The fraction of sp³-hybridized carbons (Fsp3) is 0.429. The molecule has 6 heteroatoms. The number of nitrogens with zero attached hydrogens (tertiary/aromatic N) is 1. The number of benzene rings is 1. The molecule has 0 unspecified atom stereocenters. The zero-order valence-corrected chi connectivity index (χ0v) is 11.3. The van der Waals surface area contributed by atoms with E-state index in [-0.39, 0.29) is 12.1 Å². The SMILES string of the molecule is COC(=O)[C@@H]1C[C@@H]2c3ccccc3N[C@H]2N1C(=O)OC. The molecular weight excluding hydrogens is 260 g/mol. The van der Waals surface area contributed by atoms with Gasteiger partial charge in [0, 0.05) is 11.6 Å². The van der Waals surface area contributed by atoms with Crippen molar-refractivity contribution in [2.45, 2.75) is 24.5 Å². The number of hydrogen-bond donors (Lipinski definition) is 1. The molecule has 0 radical (unpaired) electrons. The molecule has 0 bridgehead atoms. The average Bonchev–Trinajstić information content (AvgIpc) is 3.01. The lowest BCUT2D eigenvalue weighted by Crippen LogP contribution is -2.47. The number of para-hydroxylation sites is 1. The van der Waals surface area contributed by atoms with Gasteiger partial charge in [-0.3, -0.25) is 4.90 Å². The van der Waals surface area contributed by atoms with Gasteiger partial charge in [0.25, 0.3) is 0 Å². The van der Waals surface area contributed by atoms with Crippen LogP contribution in [0.1, 0.15) is 17.9 Å². The topological polar surface area (TPSA) is 67.9 Å². The number of amides is 1. The number of fused-ring (bicyclic) bond motifs is 3. The van der Waals surface area contributed by atoms with Gasteiger partial charge in [-0.1, -0.05) is 18.2 Å². The van der Waals surface area contributed by atoms with E-state index < -0.39 is 18.1 Å². The van der Waals surface area contributed by atoms with Gasteiger partial charge in [0.15, 0.2) is 0 Å². The van der Waals surface area contributed by atoms with E-state index >= 15 is 0 Å². The molecule has 6 nitrogen and oxygen atoms in total. The molecule has 1 aromatic carbocycles. The van der Waals surface area contributed by atoms with Crippen molar-refractivity contribution in [2.75, 3.05) is 19.5 Å². The number of carbonyl (C=O) groups is 2. The Hall–Kier alpha value is -2.24. The second kappa shape index (κ2) is 4.70. The Balaban J connectivity index is 1.96. The van der Waals surface area contributed by atoms with Crippen molar-refractivity contribution in [1.82, 2.24) is 4.90 Å². The number of anilines is 1. The minimum absolute atomic E-state index is 0.0781. The first kappa shape index (κ1) is 12.8. The molecule has 1 aromatic rings. The van der Waals surface area contributed by atoms with Crippen molar-refractivity contribution >= 4 is 17.7 Å². The molecule has 0 aliphatic carbocycles. The van der Waals surface area contributed by atoms with Crippen LogP contribution in [0.15, 0.2) is 24.3 Å². The van der Waals surface area contributed by atoms with Crippen molar-refractivity contribution in [3.8, 4) is 0 Å². The summed E-state index contributed by atoms with van der Waals surface area (Å²) in [6.45, 7) is 0. The van der Waals surface area contributed by atoms with Crippen LogP contribution in [0.2, 0.25) is 0 Å². The first-order valence-electron chi connectivity index (χ1n) is 6.47. The molecule has 106 valence electrons. The maximum Gasteiger partial charge on any atom is 0.411 e. The van der Waals surface area contributed by atoms with Crippen LogP contribution in [-0.4, -0.2) is 43.4 Å². The van der Waals surface area contributed by atoms with Crippen LogP contribution in [-0.2, 0) is 14.3 Å². The van der Waals surface area contributed by atoms with Crippen LogP contribution in [0.25, 0.3) is 0 Å². The molecule has 0 aromatic heterocycles. The lowest BCUT2D eigenvalue weighted by Gasteiger charge is -2.27. The highest BCUT2D eigenvalue weighted by molar-refractivity contribution is 5.84. The summed E-state index contributed by atoms with van der Waals surface area (Å²) in [6, 6.07) is 7.27. The Morgan fingerprint density at radius 2 is 2.00 bits per heavy atom. The summed E-state index contributed by atoms with van der Waals surface area (Å²) in [7, 11) is 2.64. The van der Waals surface area contributed by atoms with Gasteiger partial charge < -0.3 is 14.8 Å². The minimum Gasteiger partial charge on any atom is -0.467 e. The van der Waals surface area contributed by atoms with E-state index in [2.05, 4.69) is 5.32 Å². The van der Waals surface area contributed by atoms with E-state index in [0.29, 0.717) is 6.42 Å². The smallest absolute Gasteiger partial charge is 0.411 e. The molecule has 1 saturated heterocycles. The molecule has 2 heterocycles. The summed E-state index contributed by atoms with van der Waals surface area (Å²) < 4.78 is 9.60. The Labute approximate surface area is 116 Å². The summed E-state index contributed by atoms with van der Waals surface area (Å²) in [6.07, 6.45) is -0.242. The fourth-order valence-corrected chi connectivity index (χ4v) is 3.14. The van der Waals surface area contributed by atoms with Crippen molar-refractivity contribution < 1.29 is 19.1 Å². The number of rotatable bonds is 1. The molecule has 0 saturated carbocycles. The number of nitrogens with one attached hydrogen (secondary N) is 1. The summed E-state index contributed by atoms with van der Waals surface area (Å²) in [5, 5.41) is 3.29. The van der Waals surface area contributed by atoms with Gasteiger partial charge in [-0.15, -0.1) is 0 Å². The van der Waals surface area contributed by atoms with E-state index in [1.165, 1.54) is 19.1 Å². The maximum atomic E-state index is 12.0. The van der Waals surface area contributed by atoms with E-state index in [4.69, 9.17) is 9.47 Å². The largest absolute Gasteiger partial charge is 0.467 e. The van der Waals surface area contributed by atoms with Crippen LogP contribution in [0.3, 0.4) is 0 Å². The zero-order chi connectivity index (χ0) is 14.3. The van der Waals surface area contributed by atoms with Gasteiger partial charge in [0.2, 0.25) is 0 Å². The third-order valence-corrected chi connectivity index (χ3v) is 4.02. The molecule has 20 heavy (non-hydrogen) atoms. The number of carbonyl (C=O) groups excluding carboxylic acids is 2. The molecule has 1 amide bonds. The van der Waals surface area contributed by atoms with E-state index in [0.717, 1.165) is 11.3 Å². The predicted molar refractivity (Wildman–Crippen MR) is 71.3 cm³/mol. The third-order valence-electron chi connectivity index (χ3n) is 4.02. The molecule has 1 fully saturated rings. The average molecular weight is 276 g/mol. The summed E-state index contributed by atoms with van der Waals surface area (Å²) in [5.74, 6) is -0.335.